The fourth-order valence-electron chi connectivity index (χ4n) is 4.99. The van der Waals surface area contributed by atoms with Gasteiger partial charge in [0.1, 0.15) is 47.6 Å². The molecule has 3 aromatic carbocycles. The molecule has 10 nitrogen and oxygen atoms in total. The highest BCUT2D eigenvalue weighted by atomic mass is 35.5. The molecule has 1 amide bonds. The minimum absolute atomic E-state index is 0. The number of nitrogens with one attached hydrogen (secondary N) is 1. The lowest BCUT2D eigenvalue weighted by Gasteiger charge is -2.33. The normalized spacial score (nSPS) is 14.6. The van der Waals surface area contributed by atoms with Crippen molar-refractivity contribution in [2.75, 3.05) is 25.2 Å². The summed E-state index contributed by atoms with van der Waals surface area (Å²) in [6, 6.07) is 17.2. The van der Waals surface area contributed by atoms with Gasteiger partial charge in [0.05, 0.1) is 15.9 Å². The molecule has 12 heteroatoms. The summed E-state index contributed by atoms with van der Waals surface area (Å²) in [5.41, 5.74) is 1.66. The van der Waals surface area contributed by atoms with Gasteiger partial charge in [-0.25, -0.2) is 14.8 Å². The van der Waals surface area contributed by atoms with Gasteiger partial charge in [0.25, 0.3) is 0 Å². The molecule has 3 heterocycles. The monoisotopic (exact) mass is 640 g/mol. The molecule has 0 spiro atoms. The summed E-state index contributed by atoms with van der Waals surface area (Å²) in [5.74, 6) is 2.76. The first-order chi connectivity index (χ1) is 20.7. The van der Waals surface area contributed by atoms with Gasteiger partial charge < -0.3 is 33.9 Å². The Morgan fingerprint density at radius 3 is 2.59 bits per heavy atom. The largest absolute Gasteiger partial charge is 0.489 e. The number of benzene rings is 3. The molecule has 232 valence electrons. The second-order valence-corrected chi connectivity index (χ2v) is 11.8. The number of hydrogen-bond donors (Lipinski definition) is 1. The lowest BCUT2D eigenvalue weighted by molar-refractivity contribution is 0.0127. The van der Waals surface area contributed by atoms with Crippen LogP contribution in [0, 0.1) is 0 Å². The van der Waals surface area contributed by atoms with Crippen LogP contribution in [0.2, 0.25) is 5.02 Å². The van der Waals surface area contributed by atoms with Crippen molar-refractivity contribution in [3.63, 3.8) is 0 Å². The smallest absolute Gasteiger partial charge is 0.410 e. The fourth-order valence-corrected chi connectivity index (χ4v) is 5.18. The molecule has 0 atom stereocenters. The predicted molar refractivity (Wildman–Crippen MR) is 170 cm³/mol. The van der Waals surface area contributed by atoms with Crippen LogP contribution in [0.15, 0.2) is 60.9 Å². The van der Waals surface area contributed by atoms with Crippen LogP contribution in [0.1, 0.15) is 39.2 Å². The Morgan fingerprint density at radius 1 is 1.07 bits per heavy atom. The number of likely N-dealkylation sites (tertiary alicyclic amines) is 1. The number of anilines is 2. The third-order valence-corrected chi connectivity index (χ3v) is 7.36. The zero-order valence-electron chi connectivity index (χ0n) is 24.7. The molecule has 0 aliphatic carbocycles. The Kier molecular flexibility index (Phi) is 9.41. The highest BCUT2D eigenvalue weighted by Gasteiger charge is 2.29. The zero-order valence-corrected chi connectivity index (χ0v) is 26.2. The molecule has 0 saturated carbocycles. The van der Waals surface area contributed by atoms with Crippen molar-refractivity contribution in [1.82, 2.24) is 14.9 Å². The van der Waals surface area contributed by atoms with Gasteiger partial charge in [-0.05, 0) is 38.5 Å². The first-order valence-electron chi connectivity index (χ1n) is 14.2. The van der Waals surface area contributed by atoms with E-state index in [1.807, 2.05) is 63.2 Å². The van der Waals surface area contributed by atoms with Gasteiger partial charge in [-0.1, -0.05) is 41.9 Å². The minimum atomic E-state index is -0.550. The number of carbonyl (C=O) groups excluding carboxylic acids is 1. The molecule has 2 aliphatic rings. The predicted octanol–water partition coefficient (Wildman–Crippen LogP) is 7.53. The van der Waals surface area contributed by atoms with Crippen molar-refractivity contribution in [3.8, 4) is 23.0 Å². The van der Waals surface area contributed by atoms with Gasteiger partial charge in [-0.2, -0.15) is 0 Å². The van der Waals surface area contributed by atoms with E-state index in [1.165, 1.54) is 6.33 Å². The van der Waals surface area contributed by atoms with E-state index in [-0.39, 0.29) is 31.4 Å². The van der Waals surface area contributed by atoms with Crippen LogP contribution in [0.4, 0.5) is 16.3 Å². The number of halogens is 2. The summed E-state index contributed by atoms with van der Waals surface area (Å²) in [5, 5.41) is 4.45. The average molecular weight is 642 g/mol. The lowest BCUT2D eigenvalue weighted by atomic mass is 10.1. The second-order valence-electron chi connectivity index (χ2n) is 11.4. The molecule has 1 fully saturated rings. The molecule has 1 N–H and O–H groups in total. The van der Waals surface area contributed by atoms with Crippen molar-refractivity contribution in [1.29, 1.82) is 0 Å². The van der Waals surface area contributed by atoms with Crippen molar-refractivity contribution in [2.45, 2.75) is 51.9 Å². The molecule has 0 unspecified atom stereocenters. The molecule has 1 aromatic heterocycles. The van der Waals surface area contributed by atoms with E-state index in [4.69, 9.17) is 35.3 Å². The van der Waals surface area contributed by atoms with E-state index in [0.29, 0.717) is 83.0 Å². The van der Waals surface area contributed by atoms with Crippen LogP contribution in [0.25, 0.3) is 10.9 Å². The number of fused-ring (bicyclic) bond motifs is 2. The summed E-state index contributed by atoms with van der Waals surface area (Å²) in [7, 11) is 0. The zero-order chi connectivity index (χ0) is 30.0. The first-order valence-corrected chi connectivity index (χ1v) is 14.6. The van der Waals surface area contributed by atoms with Crippen LogP contribution in [-0.2, 0) is 11.3 Å². The topological polar surface area (TPSA) is 104 Å². The maximum atomic E-state index is 12.6. The van der Waals surface area contributed by atoms with Crippen LogP contribution in [0.3, 0.4) is 0 Å². The van der Waals surface area contributed by atoms with E-state index in [2.05, 4.69) is 15.3 Å². The third-order valence-electron chi connectivity index (χ3n) is 7.04. The Hall–Kier alpha value is -4.15. The van der Waals surface area contributed by atoms with Gasteiger partial charge >= 0.3 is 6.09 Å². The maximum Gasteiger partial charge on any atom is 0.410 e. The minimum Gasteiger partial charge on any atom is -0.489 e. The van der Waals surface area contributed by atoms with E-state index in [9.17, 15) is 4.79 Å². The fraction of sp³-hybridized carbons (Fsp3) is 0.344. The summed E-state index contributed by atoms with van der Waals surface area (Å²) < 4.78 is 29.6. The van der Waals surface area contributed by atoms with Crippen LogP contribution >= 0.6 is 24.0 Å². The van der Waals surface area contributed by atoms with Gasteiger partial charge in [0.15, 0.2) is 11.5 Å². The van der Waals surface area contributed by atoms with Gasteiger partial charge in [-0.15, -0.1) is 12.4 Å². The number of rotatable bonds is 7. The number of aromatic nitrogens is 2. The SMILES string of the molecule is CC(C)(C)OC(=O)N1CCC(Oc2cc(OCc3ccccc3)cc3ncnc(Nc4c(Cl)ccc5c4OCO5)c23)CC1.Cl. The lowest BCUT2D eigenvalue weighted by Crippen LogP contribution is -2.44. The van der Waals surface area contributed by atoms with Gasteiger partial charge in [-0.3, -0.25) is 0 Å². The Bertz CT molecular complexity index is 1630. The van der Waals surface area contributed by atoms with E-state index >= 15 is 0 Å². The first kappa shape index (κ1) is 31.3. The van der Waals surface area contributed by atoms with Crippen LogP contribution < -0.4 is 24.3 Å². The molecule has 0 bridgehead atoms. The molecule has 4 aromatic rings. The van der Waals surface area contributed by atoms with Gasteiger partial charge in [0.2, 0.25) is 6.79 Å². The summed E-state index contributed by atoms with van der Waals surface area (Å²) >= 11 is 6.57. The van der Waals surface area contributed by atoms with E-state index in [0.717, 1.165) is 5.56 Å². The summed E-state index contributed by atoms with van der Waals surface area (Å²) in [6.45, 7) is 7.12. The molecule has 1 saturated heterocycles. The molecular weight excluding hydrogens is 607 g/mol. The van der Waals surface area contributed by atoms with Crippen molar-refractivity contribution < 1.29 is 28.5 Å². The highest BCUT2D eigenvalue weighted by molar-refractivity contribution is 6.34. The molecular formula is C32H34Cl2N4O6. The Balaban J connectivity index is 0.00000384. The van der Waals surface area contributed by atoms with Crippen molar-refractivity contribution >= 4 is 52.5 Å². The van der Waals surface area contributed by atoms with Crippen molar-refractivity contribution in [3.05, 3.63) is 71.5 Å². The summed E-state index contributed by atoms with van der Waals surface area (Å²) in [6.07, 6.45) is 2.28. The molecule has 6 rings (SSSR count). The molecule has 0 radical (unpaired) electrons. The third kappa shape index (κ3) is 7.14. The number of amides is 1. The summed E-state index contributed by atoms with van der Waals surface area (Å²) in [4.78, 5) is 23.4. The Labute approximate surface area is 267 Å². The van der Waals surface area contributed by atoms with Crippen LogP contribution in [0.5, 0.6) is 23.0 Å². The van der Waals surface area contributed by atoms with E-state index in [1.54, 1.807) is 17.0 Å². The maximum absolute atomic E-state index is 12.6. The van der Waals surface area contributed by atoms with Gasteiger partial charge in [0, 0.05) is 38.1 Å². The number of piperidine rings is 1. The standard InChI is InChI=1S/C32H33ClN4O6.ClH/c1-32(2,3)43-31(38)37-13-11-21(12-14-37)42-26-16-22(39-17-20-7-5-4-6-8-20)15-24-27(26)30(35-18-34-24)36-28-23(33)9-10-25-29(28)41-19-40-25;/h4-10,15-16,18,21H,11-14,17,19H2,1-3H3,(H,34,35,36);1H. The van der Waals surface area contributed by atoms with E-state index < -0.39 is 5.60 Å². The highest BCUT2D eigenvalue weighted by Crippen LogP contribution is 2.46. The number of ether oxygens (including phenoxy) is 5. The quantitative estimate of drug-likeness (QED) is 0.219. The number of nitrogens with zero attached hydrogens (tertiary/aromatic N) is 3. The number of hydrogen-bond acceptors (Lipinski definition) is 9. The van der Waals surface area contributed by atoms with Crippen molar-refractivity contribution in [2.24, 2.45) is 0 Å². The molecule has 44 heavy (non-hydrogen) atoms. The second kappa shape index (κ2) is 13.2. The molecule has 2 aliphatic heterocycles. The average Bonchev–Trinajstić information content (AvgIpc) is 3.47. The number of carbonyl (C=O) groups is 1. The Morgan fingerprint density at radius 2 is 1.84 bits per heavy atom. The van der Waals surface area contributed by atoms with Crippen LogP contribution in [-0.4, -0.2) is 52.5 Å².